The number of nitro groups is 1. The summed E-state index contributed by atoms with van der Waals surface area (Å²) < 4.78 is 26.7. The summed E-state index contributed by atoms with van der Waals surface area (Å²) in [5.41, 5.74) is 1.24. The number of imide groups is 1. The maximum absolute atomic E-state index is 12.4. The van der Waals surface area contributed by atoms with Crippen LogP contribution in [0.2, 0.25) is 0 Å². The summed E-state index contributed by atoms with van der Waals surface area (Å²) >= 11 is 0. The molecule has 0 radical (unpaired) electrons. The highest BCUT2D eigenvalue weighted by Gasteiger charge is 2.34. The molecule has 33 heavy (non-hydrogen) atoms. The maximum Gasteiger partial charge on any atom is 0.270 e. The number of fused-ring (bicyclic) bond motifs is 1. The Morgan fingerprint density at radius 2 is 1.79 bits per heavy atom. The van der Waals surface area contributed by atoms with E-state index in [1.807, 2.05) is 6.92 Å². The third kappa shape index (κ3) is 5.59. The molecule has 0 aliphatic carbocycles. The molecule has 2 N–H and O–H groups in total. The first-order valence-electron chi connectivity index (χ1n) is 10.1. The van der Waals surface area contributed by atoms with Gasteiger partial charge in [-0.3, -0.25) is 29.4 Å². The van der Waals surface area contributed by atoms with Crippen molar-refractivity contribution in [1.82, 2.24) is 14.9 Å². The SMILES string of the molecule is Cc1ccc2c(c1)C(=O)N(CCCC(=O)NCCNS(=O)(=O)c1cccc([N+](=O)[O-])c1)C2=O. The highest BCUT2D eigenvalue weighted by Crippen LogP contribution is 2.24. The second-order valence-corrected chi connectivity index (χ2v) is 9.18. The van der Waals surface area contributed by atoms with Crippen LogP contribution in [0, 0.1) is 17.0 Å². The fourth-order valence-electron chi connectivity index (χ4n) is 3.33. The standard InChI is InChI=1S/C21H22N4O7S/c1-14-7-8-17-18(12-14)21(28)24(20(17)27)11-3-6-19(26)22-9-10-23-33(31,32)16-5-2-4-15(13-16)25(29)30/h2,4-5,7-8,12-13,23H,3,6,9-11H2,1H3,(H,22,26). The first kappa shape index (κ1) is 24.0. The number of amides is 3. The number of non-ortho nitro benzene ring substituents is 1. The molecule has 0 atom stereocenters. The maximum atomic E-state index is 12.4. The normalized spacial score (nSPS) is 13.2. The number of aryl methyl sites for hydroxylation is 1. The van der Waals surface area contributed by atoms with Crippen LogP contribution in [-0.2, 0) is 14.8 Å². The molecule has 1 heterocycles. The average Bonchev–Trinajstić information content (AvgIpc) is 3.01. The van der Waals surface area contributed by atoms with Crippen molar-refractivity contribution < 1.29 is 27.7 Å². The van der Waals surface area contributed by atoms with Crippen LogP contribution in [0.4, 0.5) is 5.69 Å². The zero-order valence-corrected chi connectivity index (χ0v) is 18.6. The number of benzene rings is 2. The minimum atomic E-state index is -3.97. The minimum Gasteiger partial charge on any atom is -0.355 e. The number of carbonyl (C=O) groups is 3. The number of hydrogen-bond acceptors (Lipinski definition) is 7. The van der Waals surface area contributed by atoms with E-state index in [9.17, 15) is 32.9 Å². The molecule has 3 amide bonds. The fourth-order valence-corrected chi connectivity index (χ4v) is 4.40. The fraction of sp³-hybridized carbons (Fsp3) is 0.286. The van der Waals surface area contributed by atoms with Crippen LogP contribution in [0.3, 0.4) is 0 Å². The minimum absolute atomic E-state index is 0.000711. The predicted octanol–water partition coefficient (Wildman–Crippen LogP) is 1.37. The van der Waals surface area contributed by atoms with Crippen molar-refractivity contribution in [3.63, 3.8) is 0 Å². The molecule has 0 aromatic heterocycles. The van der Waals surface area contributed by atoms with Gasteiger partial charge in [0, 0.05) is 38.2 Å². The van der Waals surface area contributed by atoms with Gasteiger partial charge in [0.1, 0.15) is 0 Å². The first-order chi connectivity index (χ1) is 15.6. The lowest BCUT2D eigenvalue weighted by molar-refractivity contribution is -0.385. The lowest BCUT2D eigenvalue weighted by atomic mass is 10.1. The zero-order chi connectivity index (χ0) is 24.2. The monoisotopic (exact) mass is 474 g/mol. The third-order valence-electron chi connectivity index (χ3n) is 4.99. The zero-order valence-electron chi connectivity index (χ0n) is 17.7. The van der Waals surface area contributed by atoms with Crippen molar-refractivity contribution in [2.75, 3.05) is 19.6 Å². The van der Waals surface area contributed by atoms with Gasteiger partial charge >= 0.3 is 0 Å². The molecule has 0 fully saturated rings. The molecule has 0 bridgehead atoms. The van der Waals surface area contributed by atoms with Gasteiger partial charge in [-0.25, -0.2) is 13.1 Å². The number of carbonyl (C=O) groups excluding carboxylic acids is 3. The van der Waals surface area contributed by atoms with E-state index >= 15 is 0 Å². The van der Waals surface area contributed by atoms with Gasteiger partial charge in [0.15, 0.2) is 0 Å². The van der Waals surface area contributed by atoms with Crippen LogP contribution in [-0.4, -0.2) is 55.6 Å². The van der Waals surface area contributed by atoms with Crippen LogP contribution in [0.15, 0.2) is 47.4 Å². The predicted molar refractivity (Wildman–Crippen MR) is 117 cm³/mol. The van der Waals surface area contributed by atoms with E-state index < -0.39 is 14.9 Å². The quantitative estimate of drug-likeness (QED) is 0.228. The topological polar surface area (TPSA) is 156 Å². The summed E-state index contributed by atoms with van der Waals surface area (Å²) in [6.07, 6.45) is 0.305. The van der Waals surface area contributed by atoms with Gasteiger partial charge in [0.25, 0.3) is 17.5 Å². The van der Waals surface area contributed by atoms with E-state index in [4.69, 9.17) is 0 Å². The van der Waals surface area contributed by atoms with Crippen LogP contribution in [0.5, 0.6) is 0 Å². The van der Waals surface area contributed by atoms with Crippen LogP contribution >= 0.6 is 0 Å². The smallest absolute Gasteiger partial charge is 0.270 e. The van der Waals surface area contributed by atoms with Crippen LogP contribution in [0.25, 0.3) is 0 Å². The number of nitrogens with one attached hydrogen (secondary N) is 2. The Morgan fingerprint density at radius 1 is 1.06 bits per heavy atom. The molecule has 2 aromatic carbocycles. The molecule has 11 nitrogen and oxygen atoms in total. The summed E-state index contributed by atoms with van der Waals surface area (Å²) in [5, 5.41) is 13.3. The summed E-state index contributed by atoms with van der Waals surface area (Å²) in [7, 11) is -3.97. The van der Waals surface area contributed by atoms with Crippen molar-refractivity contribution in [3.05, 3.63) is 69.3 Å². The molecule has 3 rings (SSSR count). The van der Waals surface area contributed by atoms with Gasteiger partial charge < -0.3 is 5.32 Å². The van der Waals surface area contributed by atoms with Gasteiger partial charge in [-0.2, -0.15) is 0 Å². The molecule has 12 heteroatoms. The molecule has 0 spiro atoms. The van der Waals surface area contributed by atoms with E-state index in [-0.39, 0.29) is 60.8 Å². The van der Waals surface area contributed by atoms with E-state index in [0.717, 1.165) is 16.5 Å². The number of rotatable bonds is 10. The third-order valence-corrected chi connectivity index (χ3v) is 6.45. The Balaban J connectivity index is 1.41. The van der Waals surface area contributed by atoms with Gasteiger partial charge in [0.2, 0.25) is 15.9 Å². The molecule has 0 unspecified atom stereocenters. The Morgan fingerprint density at radius 3 is 2.52 bits per heavy atom. The molecule has 174 valence electrons. The molecule has 2 aromatic rings. The van der Waals surface area contributed by atoms with Crippen molar-refractivity contribution in [2.45, 2.75) is 24.7 Å². The van der Waals surface area contributed by atoms with Crippen molar-refractivity contribution >= 4 is 33.4 Å². The number of sulfonamides is 1. The van der Waals surface area contributed by atoms with Gasteiger partial charge in [-0.05, 0) is 31.5 Å². The van der Waals surface area contributed by atoms with E-state index in [1.165, 1.54) is 18.2 Å². The summed E-state index contributed by atoms with van der Waals surface area (Å²) in [6.45, 7) is 1.81. The number of hydrogen-bond donors (Lipinski definition) is 2. The highest BCUT2D eigenvalue weighted by atomic mass is 32.2. The Hall–Kier alpha value is -3.64. The Labute approximate surface area is 190 Å². The summed E-state index contributed by atoms with van der Waals surface area (Å²) in [5.74, 6) is -1.13. The summed E-state index contributed by atoms with van der Waals surface area (Å²) in [6, 6.07) is 9.67. The first-order valence-corrected chi connectivity index (χ1v) is 11.6. The summed E-state index contributed by atoms with van der Waals surface area (Å²) in [4.78, 5) is 47.8. The molecule has 0 saturated heterocycles. The lowest BCUT2D eigenvalue weighted by Gasteiger charge is -2.13. The van der Waals surface area contributed by atoms with Gasteiger partial charge in [0.05, 0.1) is 20.9 Å². The van der Waals surface area contributed by atoms with E-state index in [0.29, 0.717) is 11.1 Å². The highest BCUT2D eigenvalue weighted by molar-refractivity contribution is 7.89. The Kier molecular flexibility index (Phi) is 7.19. The van der Waals surface area contributed by atoms with Crippen LogP contribution in [0.1, 0.15) is 39.1 Å². The van der Waals surface area contributed by atoms with E-state index in [1.54, 1.807) is 18.2 Å². The molecular formula is C21H22N4O7S. The van der Waals surface area contributed by atoms with E-state index in [2.05, 4.69) is 10.0 Å². The number of nitro benzene ring substituents is 1. The largest absolute Gasteiger partial charge is 0.355 e. The van der Waals surface area contributed by atoms with Gasteiger partial charge in [-0.1, -0.05) is 17.7 Å². The van der Waals surface area contributed by atoms with Crippen molar-refractivity contribution in [2.24, 2.45) is 0 Å². The average molecular weight is 474 g/mol. The molecule has 1 aliphatic heterocycles. The Bertz CT molecular complexity index is 1230. The molecule has 0 saturated carbocycles. The van der Waals surface area contributed by atoms with Gasteiger partial charge in [-0.15, -0.1) is 0 Å². The van der Waals surface area contributed by atoms with Crippen LogP contribution < -0.4 is 10.0 Å². The molecule has 1 aliphatic rings. The number of nitrogens with zero attached hydrogens (tertiary/aromatic N) is 2. The molecular weight excluding hydrogens is 452 g/mol. The second kappa shape index (κ2) is 9.88. The van der Waals surface area contributed by atoms with Crippen molar-refractivity contribution in [3.8, 4) is 0 Å². The lowest BCUT2D eigenvalue weighted by Crippen LogP contribution is -2.35. The second-order valence-electron chi connectivity index (χ2n) is 7.42. The van der Waals surface area contributed by atoms with Crippen molar-refractivity contribution in [1.29, 1.82) is 0 Å².